The lowest BCUT2D eigenvalue weighted by Crippen LogP contribution is -2.29. The van der Waals surface area contributed by atoms with E-state index in [1.807, 2.05) is 25.1 Å². The lowest BCUT2D eigenvalue weighted by atomic mass is 9.95. The van der Waals surface area contributed by atoms with Crippen molar-refractivity contribution in [3.05, 3.63) is 95.1 Å². The second kappa shape index (κ2) is 9.43. The van der Waals surface area contributed by atoms with Crippen molar-refractivity contribution >= 4 is 23.1 Å². The van der Waals surface area contributed by atoms with Crippen molar-refractivity contribution in [2.24, 2.45) is 5.92 Å². The number of aliphatic hydroxyl groups is 1. The maximum absolute atomic E-state index is 13.2. The fourth-order valence-electron chi connectivity index (χ4n) is 3.98. The highest BCUT2D eigenvalue weighted by Gasteiger charge is 2.47. The monoisotopic (exact) mass is 457 g/mol. The van der Waals surface area contributed by atoms with Crippen LogP contribution in [0.5, 0.6) is 11.5 Å². The zero-order valence-corrected chi connectivity index (χ0v) is 19.4. The number of nitrogens with zero attached hydrogens (tertiary/aromatic N) is 1. The van der Waals surface area contributed by atoms with Crippen LogP contribution >= 0.6 is 0 Å². The minimum atomic E-state index is -0.848. The number of hydrogen-bond acceptors (Lipinski definition) is 5. The molecular weight excluding hydrogens is 430 g/mol. The van der Waals surface area contributed by atoms with Crippen LogP contribution in [0.1, 0.15) is 36.6 Å². The maximum atomic E-state index is 13.2. The third kappa shape index (κ3) is 4.53. The number of aliphatic hydroxyl groups excluding tert-OH is 1. The summed E-state index contributed by atoms with van der Waals surface area (Å²) in [6.45, 7) is 6.57. The molecule has 3 aromatic carbocycles. The van der Waals surface area contributed by atoms with E-state index in [-0.39, 0.29) is 17.1 Å². The van der Waals surface area contributed by atoms with Crippen LogP contribution in [-0.4, -0.2) is 28.5 Å². The van der Waals surface area contributed by atoms with Crippen molar-refractivity contribution in [3.63, 3.8) is 0 Å². The first kappa shape index (κ1) is 23.1. The van der Waals surface area contributed by atoms with Gasteiger partial charge in [0.2, 0.25) is 0 Å². The molecule has 1 unspecified atom stereocenters. The first-order chi connectivity index (χ1) is 16.3. The zero-order chi connectivity index (χ0) is 24.4. The molecule has 0 bridgehead atoms. The van der Waals surface area contributed by atoms with Crippen LogP contribution in [0.25, 0.3) is 5.76 Å². The molecule has 3 aromatic rings. The van der Waals surface area contributed by atoms with Crippen molar-refractivity contribution < 1.29 is 24.5 Å². The Labute approximate surface area is 198 Å². The predicted molar refractivity (Wildman–Crippen MR) is 131 cm³/mol. The molecule has 1 fully saturated rings. The van der Waals surface area contributed by atoms with Crippen LogP contribution in [0.3, 0.4) is 0 Å². The number of aryl methyl sites for hydroxylation is 1. The van der Waals surface area contributed by atoms with Gasteiger partial charge in [-0.05, 0) is 72.5 Å². The Balaban J connectivity index is 1.82. The summed E-state index contributed by atoms with van der Waals surface area (Å²) in [5.74, 6) is -0.661. The minimum absolute atomic E-state index is 0.00644. The van der Waals surface area contributed by atoms with Gasteiger partial charge in [-0.25, -0.2) is 0 Å². The molecule has 1 saturated heterocycles. The van der Waals surface area contributed by atoms with E-state index in [1.165, 1.54) is 17.0 Å². The quantitative estimate of drug-likeness (QED) is 0.296. The van der Waals surface area contributed by atoms with Crippen LogP contribution in [0.2, 0.25) is 0 Å². The van der Waals surface area contributed by atoms with Crippen molar-refractivity contribution in [3.8, 4) is 11.5 Å². The highest BCUT2D eigenvalue weighted by molar-refractivity contribution is 6.51. The highest BCUT2D eigenvalue weighted by atomic mass is 16.5. The molecule has 174 valence electrons. The number of hydrogen-bond donors (Lipinski definition) is 2. The molecule has 0 saturated carbocycles. The molecule has 0 radical (unpaired) electrons. The number of ether oxygens (including phenoxy) is 1. The van der Waals surface area contributed by atoms with Gasteiger partial charge < -0.3 is 14.9 Å². The summed E-state index contributed by atoms with van der Waals surface area (Å²) in [6.07, 6.45) is 0. The predicted octanol–water partition coefficient (Wildman–Crippen LogP) is 5.36. The third-order valence-electron chi connectivity index (χ3n) is 5.64. The lowest BCUT2D eigenvalue weighted by Gasteiger charge is -2.25. The summed E-state index contributed by atoms with van der Waals surface area (Å²) in [7, 11) is 0. The van der Waals surface area contributed by atoms with Crippen molar-refractivity contribution in [2.75, 3.05) is 11.5 Å². The smallest absolute Gasteiger partial charge is 0.300 e. The van der Waals surface area contributed by atoms with Gasteiger partial charge in [-0.15, -0.1) is 0 Å². The summed E-state index contributed by atoms with van der Waals surface area (Å²) in [5, 5.41) is 21.0. The number of phenols is 1. The summed E-state index contributed by atoms with van der Waals surface area (Å²) in [4.78, 5) is 27.8. The Bertz CT molecular complexity index is 1240. The van der Waals surface area contributed by atoms with E-state index in [1.54, 1.807) is 42.5 Å². The first-order valence-electron chi connectivity index (χ1n) is 11.2. The molecule has 34 heavy (non-hydrogen) atoms. The normalized spacial score (nSPS) is 17.4. The molecule has 6 nitrogen and oxygen atoms in total. The molecule has 4 rings (SSSR count). The van der Waals surface area contributed by atoms with Crippen LogP contribution in [0, 0.1) is 12.8 Å². The molecule has 0 aliphatic carbocycles. The van der Waals surface area contributed by atoms with Gasteiger partial charge in [-0.2, -0.15) is 0 Å². The Kier molecular flexibility index (Phi) is 6.41. The van der Waals surface area contributed by atoms with E-state index in [4.69, 9.17) is 4.74 Å². The summed E-state index contributed by atoms with van der Waals surface area (Å²) >= 11 is 0. The molecule has 2 N–H and O–H groups in total. The second-order valence-electron chi connectivity index (χ2n) is 8.83. The number of phenolic OH excluding ortho intramolecular Hbond substituents is 1. The molecule has 1 atom stereocenters. The topological polar surface area (TPSA) is 87.1 Å². The van der Waals surface area contributed by atoms with E-state index >= 15 is 0 Å². The molecular formula is C28H27NO5. The van der Waals surface area contributed by atoms with Crippen LogP contribution < -0.4 is 9.64 Å². The van der Waals surface area contributed by atoms with Gasteiger partial charge in [0, 0.05) is 11.3 Å². The van der Waals surface area contributed by atoms with E-state index in [2.05, 4.69) is 13.8 Å². The number of rotatable bonds is 6. The largest absolute Gasteiger partial charge is 0.508 e. The van der Waals surface area contributed by atoms with Crippen LogP contribution in [-0.2, 0) is 9.59 Å². The first-order valence-corrected chi connectivity index (χ1v) is 11.2. The van der Waals surface area contributed by atoms with Gasteiger partial charge in [0.25, 0.3) is 11.7 Å². The molecule has 0 aromatic heterocycles. The molecule has 6 heteroatoms. The average molecular weight is 458 g/mol. The average Bonchev–Trinajstić information content (AvgIpc) is 3.08. The lowest BCUT2D eigenvalue weighted by molar-refractivity contribution is -0.132. The fraction of sp³-hybridized carbons (Fsp3) is 0.214. The highest BCUT2D eigenvalue weighted by Crippen LogP contribution is 2.42. The van der Waals surface area contributed by atoms with Crippen molar-refractivity contribution in [1.29, 1.82) is 0 Å². The van der Waals surface area contributed by atoms with Gasteiger partial charge >= 0.3 is 0 Å². The molecule has 1 amide bonds. The Morgan fingerprint density at radius 3 is 2.29 bits per heavy atom. The van der Waals surface area contributed by atoms with E-state index in [9.17, 15) is 19.8 Å². The number of ketones is 1. The van der Waals surface area contributed by atoms with Crippen molar-refractivity contribution in [2.45, 2.75) is 26.8 Å². The molecule has 1 heterocycles. The molecule has 0 spiro atoms. The second-order valence-corrected chi connectivity index (χ2v) is 8.83. The van der Waals surface area contributed by atoms with Crippen LogP contribution in [0.15, 0.2) is 78.4 Å². The van der Waals surface area contributed by atoms with Crippen LogP contribution in [0.4, 0.5) is 5.69 Å². The summed E-state index contributed by atoms with van der Waals surface area (Å²) < 4.78 is 5.70. The number of carbonyl (C=O) groups excluding carboxylic acids is 2. The molecule has 1 aliphatic rings. The summed E-state index contributed by atoms with van der Waals surface area (Å²) in [5.41, 5.74) is 2.48. The number of carbonyl (C=O) groups is 2. The van der Waals surface area contributed by atoms with E-state index in [0.717, 1.165) is 5.56 Å². The van der Waals surface area contributed by atoms with Gasteiger partial charge in [-0.3, -0.25) is 14.5 Å². The Morgan fingerprint density at radius 2 is 1.68 bits per heavy atom. The number of Topliss-reactive ketones (excluding diaryl/α,β-unsaturated/α-hetero) is 1. The standard InChI is InChI=1S/C28H27NO5/c1-17(2)16-34-23-13-9-20(10-14-23)26(31)24-25(19-7-11-22(30)12-8-19)29(28(33)27(24)32)21-6-4-5-18(3)15-21/h4-15,17,25,30-31H,16H2,1-3H3/b26-24+. The zero-order valence-electron chi connectivity index (χ0n) is 19.4. The molecule has 1 aliphatic heterocycles. The summed E-state index contributed by atoms with van der Waals surface area (Å²) in [6, 6.07) is 19.5. The number of anilines is 1. The Morgan fingerprint density at radius 1 is 1.00 bits per heavy atom. The number of amides is 1. The third-order valence-corrected chi connectivity index (χ3v) is 5.64. The maximum Gasteiger partial charge on any atom is 0.300 e. The number of aromatic hydroxyl groups is 1. The van der Waals surface area contributed by atoms with Gasteiger partial charge in [0.15, 0.2) is 0 Å². The van der Waals surface area contributed by atoms with Gasteiger partial charge in [0.1, 0.15) is 17.3 Å². The van der Waals surface area contributed by atoms with E-state index in [0.29, 0.717) is 35.1 Å². The van der Waals surface area contributed by atoms with Gasteiger partial charge in [0.05, 0.1) is 18.2 Å². The fourth-order valence-corrected chi connectivity index (χ4v) is 3.98. The Hall–Kier alpha value is -4.06. The van der Waals surface area contributed by atoms with Gasteiger partial charge in [-0.1, -0.05) is 38.1 Å². The van der Waals surface area contributed by atoms with E-state index < -0.39 is 17.7 Å². The SMILES string of the molecule is Cc1cccc(N2C(=O)C(=O)/C(=C(/O)c3ccc(OCC(C)C)cc3)C2c2ccc(O)cc2)c1. The minimum Gasteiger partial charge on any atom is -0.508 e. The van der Waals surface area contributed by atoms with Crippen molar-refractivity contribution in [1.82, 2.24) is 0 Å². The number of benzene rings is 3.